The maximum absolute atomic E-state index is 12.9. The first kappa shape index (κ1) is 20.2. The molecule has 0 aliphatic carbocycles. The molecule has 0 spiro atoms. The number of rotatable bonds is 8. The number of halogens is 7. The molecule has 0 bridgehead atoms. The van der Waals surface area contributed by atoms with Crippen LogP contribution in [-0.4, -0.2) is 40.0 Å². The number of carbonyl (C=O) groups excluding carboxylic acids is 1. The maximum atomic E-state index is 12.9. The fourth-order valence-electron chi connectivity index (χ4n) is 1.23. The van der Waals surface area contributed by atoms with Crippen molar-refractivity contribution in [1.82, 2.24) is 0 Å². The Kier molecular flexibility index (Phi) is 6.39. The molecule has 11 heteroatoms. The molecule has 0 aromatic rings. The maximum Gasteiger partial charge on any atom is 0.460 e. The van der Waals surface area contributed by atoms with Crippen LogP contribution in [0.15, 0.2) is 11.8 Å². The van der Waals surface area contributed by atoms with Gasteiger partial charge in [0.2, 0.25) is 0 Å². The summed E-state index contributed by atoms with van der Waals surface area (Å²) in [6.07, 6.45) is -8.14. The van der Waals surface area contributed by atoms with Crippen molar-refractivity contribution in [1.29, 1.82) is 0 Å². The van der Waals surface area contributed by atoms with E-state index in [9.17, 15) is 40.3 Å². The summed E-state index contributed by atoms with van der Waals surface area (Å²) in [6, 6.07) is 0. The number of aliphatic hydroxyl groups excluding tert-OH is 1. The first-order chi connectivity index (χ1) is 9.73. The quantitative estimate of drug-likeness (QED) is 0.307. The van der Waals surface area contributed by atoms with E-state index in [1.807, 2.05) is 0 Å². The van der Waals surface area contributed by atoms with Crippen LogP contribution < -0.4 is 0 Å². The van der Waals surface area contributed by atoms with Crippen molar-refractivity contribution in [3.63, 3.8) is 0 Å². The van der Waals surface area contributed by atoms with Gasteiger partial charge in [-0.2, -0.15) is 30.7 Å². The smallest absolute Gasteiger partial charge is 0.460 e. The molecular weight excluding hydrogens is 329 g/mol. The van der Waals surface area contributed by atoms with Crippen molar-refractivity contribution in [2.75, 3.05) is 0 Å². The highest BCUT2D eigenvalue weighted by Gasteiger charge is 2.74. The van der Waals surface area contributed by atoms with Crippen LogP contribution in [-0.2, 0) is 9.59 Å². The van der Waals surface area contributed by atoms with Crippen LogP contribution >= 0.6 is 0 Å². The zero-order chi connectivity index (χ0) is 17.8. The van der Waals surface area contributed by atoms with Crippen molar-refractivity contribution in [2.24, 2.45) is 0 Å². The van der Waals surface area contributed by atoms with Crippen molar-refractivity contribution < 1.29 is 50.5 Å². The molecule has 0 saturated heterocycles. The second-order valence-electron chi connectivity index (χ2n) is 4.24. The van der Waals surface area contributed by atoms with Gasteiger partial charge in [0.1, 0.15) is 0 Å². The molecule has 128 valence electrons. The highest BCUT2D eigenvalue weighted by atomic mass is 19.4. The number of hydrogen-bond acceptors (Lipinski definition) is 3. The van der Waals surface area contributed by atoms with Crippen LogP contribution in [0.4, 0.5) is 30.7 Å². The topological polar surface area (TPSA) is 74.6 Å². The molecule has 4 nitrogen and oxygen atoms in total. The standard InChI is InChI=1S/C11H11F7O4/c12-9(13,10(14,15)11(16,17)18)7(20)5-6(19)3-1-2-4-8(21)22/h5,20H,1-4H2,(H,21,22)/b7-5-. The van der Waals surface area contributed by atoms with Crippen LogP contribution in [0.2, 0.25) is 0 Å². The van der Waals surface area contributed by atoms with Gasteiger partial charge in [0.05, 0.1) is 0 Å². The molecule has 0 amide bonds. The lowest BCUT2D eigenvalue weighted by Crippen LogP contribution is -2.53. The van der Waals surface area contributed by atoms with Gasteiger partial charge in [-0.25, -0.2) is 0 Å². The molecule has 0 radical (unpaired) electrons. The highest BCUT2D eigenvalue weighted by Crippen LogP contribution is 2.49. The van der Waals surface area contributed by atoms with Crippen molar-refractivity contribution in [2.45, 2.75) is 43.7 Å². The third kappa shape index (κ3) is 4.88. The third-order valence-corrected chi connectivity index (χ3v) is 2.43. The minimum Gasteiger partial charge on any atom is -0.506 e. The Bertz CT molecular complexity index is 454. The molecule has 0 rings (SSSR count). The largest absolute Gasteiger partial charge is 0.506 e. The fraction of sp³-hybridized carbons (Fsp3) is 0.636. The van der Waals surface area contributed by atoms with Crippen LogP contribution in [0, 0.1) is 0 Å². The lowest BCUT2D eigenvalue weighted by atomic mass is 10.1. The molecule has 0 aromatic heterocycles. The van der Waals surface area contributed by atoms with Gasteiger partial charge in [-0.3, -0.25) is 9.59 Å². The predicted octanol–water partition coefficient (Wildman–Crippen LogP) is 3.48. The van der Waals surface area contributed by atoms with Crippen molar-refractivity contribution in [3.05, 3.63) is 11.8 Å². The average Bonchev–Trinajstić information content (AvgIpc) is 2.32. The third-order valence-electron chi connectivity index (χ3n) is 2.43. The van der Waals surface area contributed by atoms with E-state index in [2.05, 4.69) is 0 Å². The summed E-state index contributed by atoms with van der Waals surface area (Å²) in [5.74, 6) is -17.8. The minimum absolute atomic E-state index is 0.0369. The number of alkyl halides is 7. The summed E-state index contributed by atoms with van der Waals surface area (Å²) in [5.41, 5.74) is 0. The molecule has 22 heavy (non-hydrogen) atoms. The zero-order valence-corrected chi connectivity index (χ0v) is 10.8. The van der Waals surface area contributed by atoms with Crippen LogP contribution in [0.3, 0.4) is 0 Å². The van der Waals surface area contributed by atoms with E-state index in [0.717, 1.165) is 0 Å². The Labute approximate surface area is 119 Å². The summed E-state index contributed by atoms with van der Waals surface area (Å²) in [6.45, 7) is 0. The minimum atomic E-state index is -6.62. The number of ketones is 1. The van der Waals surface area contributed by atoms with Gasteiger partial charge in [-0.05, 0) is 12.8 Å². The Balaban J connectivity index is 4.89. The Hall–Kier alpha value is -1.81. The zero-order valence-electron chi connectivity index (χ0n) is 10.8. The number of carboxylic acids is 1. The van der Waals surface area contributed by atoms with Gasteiger partial charge in [-0.1, -0.05) is 0 Å². The van der Waals surface area contributed by atoms with Gasteiger partial charge >= 0.3 is 24.0 Å². The number of carboxylic acid groups (broad SMARTS) is 1. The Morgan fingerprint density at radius 3 is 1.73 bits per heavy atom. The van der Waals surface area contributed by atoms with Crippen molar-refractivity contribution >= 4 is 11.8 Å². The van der Waals surface area contributed by atoms with Gasteiger partial charge < -0.3 is 10.2 Å². The lowest BCUT2D eigenvalue weighted by Gasteiger charge is -2.27. The SMILES string of the molecule is O=C(O)CCCCC(=O)/C=C(\O)C(F)(F)C(F)(F)C(F)(F)F. The van der Waals surface area contributed by atoms with E-state index in [4.69, 9.17) is 10.2 Å². The molecule has 2 N–H and O–H groups in total. The van der Waals surface area contributed by atoms with Crippen LogP contribution in [0.1, 0.15) is 25.7 Å². The lowest BCUT2D eigenvalue weighted by molar-refractivity contribution is -0.349. The number of allylic oxidation sites excluding steroid dienone is 2. The Morgan fingerprint density at radius 1 is 0.864 bits per heavy atom. The molecule has 0 aliphatic rings. The summed E-state index contributed by atoms with van der Waals surface area (Å²) >= 11 is 0. The fourth-order valence-corrected chi connectivity index (χ4v) is 1.23. The molecule has 0 aromatic carbocycles. The number of hydrogen-bond donors (Lipinski definition) is 2. The molecule has 0 heterocycles. The van der Waals surface area contributed by atoms with E-state index < -0.39 is 48.0 Å². The van der Waals surface area contributed by atoms with Gasteiger partial charge in [0, 0.05) is 18.9 Å². The van der Waals surface area contributed by atoms with Gasteiger partial charge in [0.25, 0.3) is 0 Å². The number of carbonyl (C=O) groups is 2. The molecule has 0 fully saturated rings. The number of aliphatic hydroxyl groups is 1. The summed E-state index contributed by atoms with van der Waals surface area (Å²) in [7, 11) is 0. The number of unbranched alkanes of at least 4 members (excludes halogenated alkanes) is 1. The first-order valence-electron chi connectivity index (χ1n) is 5.71. The van der Waals surface area contributed by atoms with E-state index in [-0.39, 0.29) is 19.3 Å². The monoisotopic (exact) mass is 340 g/mol. The van der Waals surface area contributed by atoms with E-state index in [1.165, 1.54) is 0 Å². The second kappa shape index (κ2) is 6.97. The second-order valence-corrected chi connectivity index (χ2v) is 4.24. The van der Waals surface area contributed by atoms with E-state index >= 15 is 0 Å². The van der Waals surface area contributed by atoms with Gasteiger partial charge in [-0.15, -0.1) is 0 Å². The molecule has 0 unspecified atom stereocenters. The molecule has 0 aliphatic heterocycles. The summed E-state index contributed by atoms with van der Waals surface area (Å²) in [5, 5.41) is 17.0. The molecule has 0 atom stereocenters. The average molecular weight is 340 g/mol. The highest BCUT2D eigenvalue weighted by molar-refractivity contribution is 5.90. The number of aliphatic carboxylic acids is 1. The molecule has 0 saturated carbocycles. The van der Waals surface area contributed by atoms with E-state index in [0.29, 0.717) is 0 Å². The predicted molar refractivity (Wildman–Crippen MR) is 57.8 cm³/mol. The normalized spacial score (nSPS) is 14.0. The summed E-state index contributed by atoms with van der Waals surface area (Å²) < 4.78 is 86.5. The first-order valence-corrected chi connectivity index (χ1v) is 5.71. The molecular formula is C11H11F7O4. The van der Waals surface area contributed by atoms with Crippen LogP contribution in [0.25, 0.3) is 0 Å². The summed E-state index contributed by atoms with van der Waals surface area (Å²) in [4.78, 5) is 21.2. The van der Waals surface area contributed by atoms with Crippen molar-refractivity contribution in [3.8, 4) is 0 Å². The van der Waals surface area contributed by atoms with Crippen LogP contribution in [0.5, 0.6) is 0 Å². The Morgan fingerprint density at radius 2 is 1.32 bits per heavy atom. The van der Waals surface area contributed by atoms with E-state index in [1.54, 1.807) is 0 Å². The van der Waals surface area contributed by atoms with Gasteiger partial charge in [0.15, 0.2) is 11.5 Å².